The number of carbonyl (C=O) groups is 1. The number of rotatable bonds is 8. The number of hydrogen-bond acceptors (Lipinski definition) is 3. The number of aryl methyl sites for hydroxylation is 2. The predicted octanol–water partition coefficient (Wildman–Crippen LogP) is 5.04. The Morgan fingerprint density at radius 2 is 2.04 bits per heavy atom. The number of carbonyl (C=O) groups excluding carboxylic acids is 1. The number of amides is 1. The highest BCUT2D eigenvalue weighted by atomic mass is 16.3. The summed E-state index contributed by atoms with van der Waals surface area (Å²) in [6.45, 7) is 13.7. The molecule has 0 atom stereocenters. The molecule has 0 aromatic carbocycles. The minimum absolute atomic E-state index is 0.0178. The molecule has 1 amide bonds. The van der Waals surface area contributed by atoms with Crippen molar-refractivity contribution in [1.82, 2.24) is 9.38 Å². The first-order valence-corrected chi connectivity index (χ1v) is 9.68. The molecule has 0 unspecified atom stereocenters. The lowest BCUT2D eigenvalue weighted by atomic mass is 10.2. The monoisotopic (exact) mass is 378 g/mol. The quantitative estimate of drug-likeness (QED) is 0.407. The maximum absolute atomic E-state index is 12.6. The highest BCUT2D eigenvalue weighted by Crippen LogP contribution is 2.33. The van der Waals surface area contributed by atoms with Gasteiger partial charge in [-0.15, -0.1) is 0 Å². The number of unbranched alkanes of at least 4 members (excludes halogenated alkanes) is 3. The molecule has 0 bridgehead atoms. The lowest BCUT2D eigenvalue weighted by Gasteiger charge is -2.22. The topological polar surface area (TPSA) is 55.1 Å². The fourth-order valence-electron chi connectivity index (χ4n) is 3.57. The fraction of sp³-hybridized carbons (Fsp3) is 0.409. The third-order valence-corrected chi connectivity index (χ3v) is 4.82. The molecule has 0 aliphatic carbocycles. The van der Waals surface area contributed by atoms with Crippen molar-refractivity contribution >= 4 is 17.4 Å². The van der Waals surface area contributed by atoms with Crippen LogP contribution in [0, 0.1) is 20.4 Å². The molecule has 0 saturated heterocycles. The zero-order valence-electron chi connectivity index (χ0n) is 16.7. The summed E-state index contributed by atoms with van der Waals surface area (Å²) in [5.41, 5.74) is 3.64. The van der Waals surface area contributed by atoms with Gasteiger partial charge in [0.25, 0.3) is 0 Å². The Labute approximate surface area is 165 Å². The Kier molecular flexibility index (Phi) is 6.15. The molecule has 0 fully saturated rings. The molecule has 0 spiro atoms. The van der Waals surface area contributed by atoms with Crippen LogP contribution in [0.5, 0.6) is 0 Å². The second-order valence-corrected chi connectivity index (χ2v) is 7.10. The summed E-state index contributed by atoms with van der Waals surface area (Å²) in [6, 6.07) is 7.81. The van der Waals surface area contributed by atoms with Crippen molar-refractivity contribution in [3.8, 4) is 11.5 Å². The van der Waals surface area contributed by atoms with Gasteiger partial charge in [0.1, 0.15) is 11.3 Å². The Morgan fingerprint density at radius 1 is 1.25 bits per heavy atom. The van der Waals surface area contributed by atoms with Gasteiger partial charge in [-0.25, -0.2) is 11.6 Å². The van der Waals surface area contributed by atoms with E-state index in [9.17, 15) is 4.79 Å². The average Bonchev–Trinajstić information content (AvgIpc) is 3.28. The van der Waals surface area contributed by atoms with Crippen LogP contribution >= 0.6 is 0 Å². The lowest BCUT2D eigenvalue weighted by molar-refractivity contribution is -0.116. The molecule has 3 rings (SSSR count). The Balaban J connectivity index is 1.99. The van der Waals surface area contributed by atoms with Crippen LogP contribution in [0.3, 0.4) is 0 Å². The number of imidazole rings is 1. The van der Waals surface area contributed by atoms with Gasteiger partial charge >= 0.3 is 0 Å². The van der Waals surface area contributed by atoms with Crippen molar-refractivity contribution in [3.05, 3.63) is 53.2 Å². The summed E-state index contributed by atoms with van der Waals surface area (Å²) >= 11 is 0. The van der Waals surface area contributed by atoms with Crippen molar-refractivity contribution < 1.29 is 9.21 Å². The summed E-state index contributed by atoms with van der Waals surface area (Å²) in [6.07, 6.45) is 5.41. The van der Waals surface area contributed by atoms with E-state index >= 15 is 0 Å². The smallest absolute Gasteiger partial charge is 0.225 e. The predicted molar refractivity (Wildman–Crippen MR) is 110 cm³/mol. The van der Waals surface area contributed by atoms with Gasteiger partial charge in [-0.1, -0.05) is 6.42 Å². The largest absolute Gasteiger partial charge is 0.463 e. The summed E-state index contributed by atoms with van der Waals surface area (Å²) in [7, 11) is 0. The SMILES string of the molecule is [C-]#[N+]CCCCCCN(C(C)=O)c1c(-c2ccco2)nc2cc(C)cc(C)n12. The molecule has 146 valence electrons. The van der Waals surface area contributed by atoms with Gasteiger partial charge in [0, 0.05) is 25.6 Å². The Hall–Kier alpha value is -3.07. The average molecular weight is 378 g/mol. The van der Waals surface area contributed by atoms with Crippen LogP contribution in [0.2, 0.25) is 0 Å². The molecule has 0 N–H and O–H groups in total. The van der Waals surface area contributed by atoms with Crippen molar-refractivity contribution in [2.24, 2.45) is 0 Å². The number of hydrogen-bond donors (Lipinski definition) is 0. The van der Waals surface area contributed by atoms with E-state index in [1.54, 1.807) is 18.1 Å². The van der Waals surface area contributed by atoms with Gasteiger partial charge in [-0.3, -0.25) is 14.1 Å². The number of anilines is 1. The summed E-state index contributed by atoms with van der Waals surface area (Å²) < 4.78 is 7.65. The fourth-order valence-corrected chi connectivity index (χ4v) is 3.57. The first kappa shape index (κ1) is 19.7. The molecule has 0 saturated carbocycles. The van der Waals surface area contributed by atoms with E-state index in [0.29, 0.717) is 24.5 Å². The lowest BCUT2D eigenvalue weighted by Crippen LogP contribution is -2.31. The second-order valence-electron chi connectivity index (χ2n) is 7.10. The van der Waals surface area contributed by atoms with E-state index in [1.165, 1.54) is 0 Å². The van der Waals surface area contributed by atoms with Crippen LogP contribution in [0.4, 0.5) is 5.82 Å². The summed E-state index contributed by atoms with van der Waals surface area (Å²) in [4.78, 5) is 22.6. The van der Waals surface area contributed by atoms with Crippen molar-refractivity contribution in [1.29, 1.82) is 0 Å². The van der Waals surface area contributed by atoms with Crippen LogP contribution in [-0.2, 0) is 4.79 Å². The number of pyridine rings is 1. The highest BCUT2D eigenvalue weighted by molar-refractivity contribution is 5.95. The molecule has 0 radical (unpaired) electrons. The molecule has 3 aromatic heterocycles. The van der Waals surface area contributed by atoms with E-state index in [0.717, 1.165) is 48.4 Å². The van der Waals surface area contributed by atoms with Gasteiger partial charge in [0.05, 0.1) is 6.26 Å². The summed E-state index contributed by atoms with van der Waals surface area (Å²) in [5, 5.41) is 0. The van der Waals surface area contributed by atoms with E-state index in [1.807, 2.05) is 36.4 Å². The molecule has 3 heterocycles. The third-order valence-electron chi connectivity index (χ3n) is 4.82. The molecule has 0 aliphatic heterocycles. The highest BCUT2D eigenvalue weighted by Gasteiger charge is 2.25. The standard InChI is InChI=1S/C22H26N4O2/c1-16-14-17(2)26-20(15-16)24-21(19-10-9-13-28-19)22(26)25(18(3)27)12-8-6-5-7-11-23-4/h9-10,13-15H,5-8,11-12H2,1-3H3. The minimum atomic E-state index is -0.0178. The number of aromatic nitrogens is 2. The number of fused-ring (bicyclic) bond motifs is 1. The second kappa shape index (κ2) is 8.75. The molecule has 0 aliphatic rings. The van der Waals surface area contributed by atoms with Crippen LogP contribution in [-0.4, -0.2) is 28.4 Å². The molecule has 3 aromatic rings. The van der Waals surface area contributed by atoms with Crippen molar-refractivity contribution in [2.45, 2.75) is 46.5 Å². The number of nitrogens with zero attached hydrogens (tertiary/aromatic N) is 4. The first-order valence-electron chi connectivity index (χ1n) is 9.68. The normalized spacial score (nSPS) is 10.9. The maximum Gasteiger partial charge on any atom is 0.225 e. The molecule has 6 nitrogen and oxygen atoms in total. The maximum atomic E-state index is 12.6. The van der Waals surface area contributed by atoms with Crippen molar-refractivity contribution in [3.63, 3.8) is 0 Å². The molecule has 28 heavy (non-hydrogen) atoms. The Bertz CT molecular complexity index is 996. The van der Waals surface area contributed by atoms with Crippen LogP contribution in [0.1, 0.15) is 43.9 Å². The number of furan rings is 1. The van der Waals surface area contributed by atoms with Gasteiger partial charge in [-0.2, -0.15) is 0 Å². The van der Waals surface area contributed by atoms with Gasteiger partial charge < -0.3 is 9.26 Å². The zero-order valence-corrected chi connectivity index (χ0v) is 16.7. The van der Waals surface area contributed by atoms with Crippen LogP contribution < -0.4 is 4.90 Å². The van der Waals surface area contributed by atoms with Gasteiger partial charge in [0.2, 0.25) is 12.5 Å². The van der Waals surface area contributed by atoms with E-state index in [4.69, 9.17) is 16.0 Å². The van der Waals surface area contributed by atoms with Gasteiger partial charge in [-0.05, 0) is 56.5 Å². The Morgan fingerprint density at radius 3 is 2.71 bits per heavy atom. The van der Waals surface area contributed by atoms with E-state index < -0.39 is 0 Å². The van der Waals surface area contributed by atoms with E-state index in [2.05, 4.69) is 10.9 Å². The first-order chi connectivity index (χ1) is 13.5. The molecular formula is C22H26N4O2. The van der Waals surface area contributed by atoms with Crippen LogP contribution in [0.15, 0.2) is 34.9 Å². The van der Waals surface area contributed by atoms with Crippen molar-refractivity contribution in [2.75, 3.05) is 18.0 Å². The molecular weight excluding hydrogens is 352 g/mol. The third kappa shape index (κ3) is 4.09. The van der Waals surface area contributed by atoms with Crippen LogP contribution in [0.25, 0.3) is 21.9 Å². The van der Waals surface area contributed by atoms with E-state index in [-0.39, 0.29) is 5.91 Å². The zero-order chi connectivity index (χ0) is 20.1. The molecule has 6 heteroatoms. The minimum Gasteiger partial charge on any atom is -0.463 e. The van der Waals surface area contributed by atoms with Gasteiger partial charge in [0.15, 0.2) is 11.6 Å². The summed E-state index contributed by atoms with van der Waals surface area (Å²) in [5.74, 6) is 1.39.